The molecule has 7 heteroatoms. The smallest absolute Gasteiger partial charge is 0.255 e. The minimum absolute atomic E-state index is 0.0874. The van der Waals surface area contributed by atoms with E-state index < -0.39 is 13.0 Å². The predicted octanol–water partition coefficient (Wildman–Crippen LogP) is 2.45. The molecule has 1 aromatic heterocycles. The molecule has 1 N–H and O–H groups in total. The van der Waals surface area contributed by atoms with Gasteiger partial charge >= 0.3 is 0 Å². The highest BCUT2D eigenvalue weighted by atomic mass is 35.5. The zero-order valence-electron chi connectivity index (χ0n) is 11.0. The van der Waals surface area contributed by atoms with Crippen molar-refractivity contribution in [3.05, 3.63) is 16.5 Å². The number of nitrogens with zero attached hydrogens (tertiary/aromatic N) is 3. The average Bonchev–Trinajstić information content (AvgIpc) is 2.33. The van der Waals surface area contributed by atoms with Crippen LogP contribution in [0.2, 0.25) is 5.15 Å². The van der Waals surface area contributed by atoms with Crippen molar-refractivity contribution < 1.29 is 13.9 Å². The summed E-state index contributed by atoms with van der Waals surface area (Å²) in [5.41, 5.74) is 0.551. The number of aliphatic hydroxyl groups is 1. The molecule has 0 saturated carbocycles. The third kappa shape index (κ3) is 4.54. The molecule has 0 aromatic carbocycles. The molecule has 0 atom stereocenters. The average molecular weight is 294 g/mol. The lowest BCUT2D eigenvalue weighted by atomic mass is 10.2. The van der Waals surface area contributed by atoms with Crippen molar-refractivity contribution in [2.75, 3.05) is 24.6 Å². The van der Waals surface area contributed by atoms with Crippen molar-refractivity contribution in [2.45, 2.75) is 33.1 Å². The van der Waals surface area contributed by atoms with E-state index in [-0.39, 0.29) is 18.3 Å². The van der Waals surface area contributed by atoms with E-state index in [4.69, 9.17) is 16.7 Å². The predicted molar refractivity (Wildman–Crippen MR) is 71.1 cm³/mol. The zero-order valence-corrected chi connectivity index (χ0v) is 11.8. The van der Waals surface area contributed by atoms with Crippen molar-refractivity contribution in [1.82, 2.24) is 9.97 Å². The molecule has 1 aromatic rings. The molecule has 0 unspecified atom stereocenters. The monoisotopic (exact) mass is 293 g/mol. The lowest BCUT2D eigenvalue weighted by Crippen LogP contribution is -2.33. The molecule has 0 spiro atoms. The summed E-state index contributed by atoms with van der Waals surface area (Å²) in [6, 6.07) is 0. The van der Waals surface area contributed by atoms with Gasteiger partial charge in [-0.2, -0.15) is 0 Å². The summed E-state index contributed by atoms with van der Waals surface area (Å²) in [6.07, 6.45) is -1.03. The summed E-state index contributed by atoms with van der Waals surface area (Å²) in [7, 11) is 0. The molecule has 1 heterocycles. The maximum Gasteiger partial charge on any atom is 0.255 e. The third-order valence-electron chi connectivity index (χ3n) is 2.61. The van der Waals surface area contributed by atoms with Gasteiger partial charge in [0.2, 0.25) is 0 Å². The fraction of sp³-hybridized carbons (Fsp3) is 0.667. The standard InChI is InChI=1S/C12H18ClF2N3O/c1-3-4-10-16-11(13)8(2)12(17-10)18(5-6-19)7-9(14)15/h9,19H,3-7H2,1-2H3. The first kappa shape index (κ1) is 16.0. The second kappa shape index (κ2) is 7.55. The first-order chi connectivity index (χ1) is 8.99. The van der Waals surface area contributed by atoms with Gasteiger partial charge in [0, 0.05) is 18.5 Å². The van der Waals surface area contributed by atoms with Crippen molar-refractivity contribution in [3.63, 3.8) is 0 Å². The normalized spacial score (nSPS) is 11.1. The van der Waals surface area contributed by atoms with Gasteiger partial charge in [-0.25, -0.2) is 18.7 Å². The number of anilines is 1. The van der Waals surface area contributed by atoms with Crippen LogP contribution in [0.5, 0.6) is 0 Å². The Morgan fingerprint density at radius 2 is 2.05 bits per heavy atom. The van der Waals surface area contributed by atoms with Crippen LogP contribution in [0.25, 0.3) is 0 Å². The molecule has 0 aliphatic carbocycles. The molecule has 0 radical (unpaired) electrons. The SMILES string of the molecule is CCCc1nc(Cl)c(C)c(N(CCO)CC(F)F)n1. The summed E-state index contributed by atoms with van der Waals surface area (Å²) in [5, 5.41) is 9.25. The molecule has 1 rings (SSSR count). The molecular weight excluding hydrogens is 276 g/mol. The van der Waals surface area contributed by atoms with Gasteiger partial charge in [-0.15, -0.1) is 0 Å². The Bertz CT molecular complexity index is 418. The number of aliphatic hydroxyl groups excluding tert-OH is 1. The molecule has 0 saturated heterocycles. The molecule has 108 valence electrons. The fourth-order valence-electron chi connectivity index (χ4n) is 1.73. The summed E-state index contributed by atoms with van der Waals surface area (Å²) >= 11 is 6.01. The zero-order chi connectivity index (χ0) is 14.4. The molecule has 0 aliphatic heterocycles. The van der Waals surface area contributed by atoms with Crippen LogP contribution in [0.15, 0.2) is 0 Å². The largest absolute Gasteiger partial charge is 0.395 e. The van der Waals surface area contributed by atoms with Gasteiger partial charge in [0.1, 0.15) is 16.8 Å². The van der Waals surface area contributed by atoms with Crippen LogP contribution in [0.4, 0.5) is 14.6 Å². The highest BCUT2D eigenvalue weighted by molar-refractivity contribution is 6.30. The van der Waals surface area contributed by atoms with E-state index in [2.05, 4.69) is 9.97 Å². The van der Waals surface area contributed by atoms with Crippen LogP contribution < -0.4 is 4.90 Å². The van der Waals surface area contributed by atoms with Crippen LogP contribution in [0.3, 0.4) is 0 Å². The summed E-state index contributed by atoms with van der Waals surface area (Å²) in [4.78, 5) is 9.74. The van der Waals surface area contributed by atoms with Crippen LogP contribution in [-0.2, 0) is 6.42 Å². The van der Waals surface area contributed by atoms with Gasteiger partial charge in [0.15, 0.2) is 0 Å². The van der Waals surface area contributed by atoms with E-state index in [1.54, 1.807) is 6.92 Å². The summed E-state index contributed by atoms with van der Waals surface area (Å²) in [6.45, 7) is 3.03. The van der Waals surface area contributed by atoms with E-state index in [9.17, 15) is 8.78 Å². The van der Waals surface area contributed by atoms with Crippen molar-refractivity contribution in [3.8, 4) is 0 Å². The number of alkyl halides is 2. The van der Waals surface area contributed by atoms with Gasteiger partial charge in [-0.3, -0.25) is 0 Å². The lowest BCUT2D eigenvalue weighted by Gasteiger charge is -2.24. The second-order valence-electron chi connectivity index (χ2n) is 4.19. The van der Waals surface area contributed by atoms with Gasteiger partial charge in [0.05, 0.1) is 13.2 Å². The van der Waals surface area contributed by atoms with Gasteiger partial charge in [0.25, 0.3) is 6.43 Å². The summed E-state index contributed by atoms with van der Waals surface area (Å²) in [5.74, 6) is 0.906. The lowest BCUT2D eigenvalue weighted by molar-refractivity contribution is 0.152. The number of halogens is 3. The second-order valence-corrected chi connectivity index (χ2v) is 4.55. The van der Waals surface area contributed by atoms with Gasteiger partial charge in [-0.1, -0.05) is 18.5 Å². The number of hydrogen-bond acceptors (Lipinski definition) is 4. The molecule has 0 aliphatic rings. The van der Waals surface area contributed by atoms with E-state index in [0.717, 1.165) is 6.42 Å². The first-order valence-electron chi connectivity index (χ1n) is 6.16. The molecule has 19 heavy (non-hydrogen) atoms. The van der Waals surface area contributed by atoms with Crippen LogP contribution >= 0.6 is 11.6 Å². The van der Waals surface area contributed by atoms with Crippen molar-refractivity contribution >= 4 is 17.4 Å². The molecule has 0 amide bonds. The van der Waals surface area contributed by atoms with Gasteiger partial charge in [-0.05, 0) is 13.3 Å². The Kier molecular flexibility index (Phi) is 6.37. The van der Waals surface area contributed by atoms with Crippen molar-refractivity contribution in [2.24, 2.45) is 0 Å². The highest BCUT2D eigenvalue weighted by Crippen LogP contribution is 2.24. The minimum atomic E-state index is -2.51. The van der Waals surface area contributed by atoms with Crippen LogP contribution in [0, 0.1) is 6.92 Å². The topological polar surface area (TPSA) is 49.2 Å². The molecule has 0 bridgehead atoms. The Morgan fingerprint density at radius 3 is 2.58 bits per heavy atom. The van der Waals surface area contributed by atoms with E-state index >= 15 is 0 Å². The quantitative estimate of drug-likeness (QED) is 0.785. The Balaban J connectivity index is 3.12. The Morgan fingerprint density at radius 1 is 1.37 bits per heavy atom. The Hall–Kier alpha value is -1.01. The molecule has 4 nitrogen and oxygen atoms in total. The molecular formula is C12H18ClF2N3O. The Labute approximate surface area is 116 Å². The maximum absolute atomic E-state index is 12.6. The number of rotatable bonds is 7. The first-order valence-corrected chi connectivity index (χ1v) is 6.54. The number of hydrogen-bond donors (Lipinski definition) is 1. The van der Waals surface area contributed by atoms with Gasteiger partial charge < -0.3 is 10.0 Å². The van der Waals surface area contributed by atoms with E-state index in [0.29, 0.717) is 23.6 Å². The fourth-order valence-corrected chi connectivity index (χ4v) is 1.92. The van der Waals surface area contributed by atoms with E-state index in [1.807, 2.05) is 6.92 Å². The minimum Gasteiger partial charge on any atom is -0.395 e. The van der Waals surface area contributed by atoms with Crippen LogP contribution in [-0.4, -0.2) is 41.2 Å². The maximum atomic E-state index is 12.6. The number of aromatic nitrogens is 2. The third-order valence-corrected chi connectivity index (χ3v) is 2.98. The highest BCUT2D eigenvalue weighted by Gasteiger charge is 2.18. The number of aryl methyl sites for hydroxylation is 1. The summed E-state index contributed by atoms with van der Waals surface area (Å²) < 4.78 is 25.2. The van der Waals surface area contributed by atoms with E-state index in [1.165, 1.54) is 4.90 Å². The molecule has 0 fully saturated rings. The van der Waals surface area contributed by atoms with Crippen molar-refractivity contribution in [1.29, 1.82) is 0 Å². The van der Waals surface area contributed by atoms with Crippen LogP contribution in [0.1, 0.15) is 24.7 Å².